The lowest BCUT2D eigenvalue weighted by Crippen LogP contribution is -2.31. The number of hydrogen-bond acceptors (Lipinski definition) is 4. The van der Waals surface area contributed by atoms with Crippen molar-refractivity contribution in [2.24, 2.45) is 0 Å². The topological polar surface area (TPSA) is 56.8 Å². The first kappa shape index (κ1) is 16.7. The number of amides is 1. The fourth-order valence-electron chi connectivity index (χ4n) is 2.14. The lowest BCUT2D eigenvalue weighted by atomic mass is 10.1. The van der Waals surface area contributed by atoms with E-state index in [4.69, 9.17) is 14.2 Å². The molecule has 2 rings (SSSR count). The monoisotopic (exact) mass is 315 g/mol. The first-order valence-electron chi connectivity index (χ1n) is 7.33. The van der Waals surface area contributed by atoms with Gasteiger partial charge in [0.2, 0.25) is 0 Å². The van der Waals surface area contributed by atoms with E-state index < -0.39 is 0 Å². The summed E-state index contributed by atoms with van der Waals surface area (Å²) in [5.74, 6) is 1.73. The molecule has 2 aromatic carbocycles. The summed E-state index contributed by atoms with van der Waals surface area (Å²) < 4.78 is 15.8. The Morgan fingerprint density at radius 1 is 1.00 bits per heavy atom. The number of ether oxygens (including phenoxy) is 3. The van der Waals surface area contributed by atoms with Gasteiger partial charge in [0, 0.05) is 0 Å². The van der Waals surface area contributed by atoms with Crippen LogP contribution in [0, 0.1) is 0 Å². The van der Waals surface area contributed by atoms with Crippen molar-refractivity contribution in [1.82, 2.24) is 5.32 Å². The number of nitrogens with one attached hydrogen (secondary N) is 1. The Bertz CT molecular complexity index is 640. The third-order valence-electron chi connectivity index (χ3n) is 3.42. The van der Waals surface area contributed by atoms with Gasteiger partial charge in [0.15, 0.2) is 18.1 Å². The van der Waals surface area contributed by atoms with Gasteiger partial charge in [-0.3, -0.25) is 4.79 Å². The molecule has 2 aromatic rings. The second kappa shape index (κ2) is 8.08. The minimum absolute atomic E-state index is 0.0686. The summed E-state index contributed by atoms with van der Waals surface area (Å²) in [7, 11) is 3.18. The molecule has 122 valence electrons. The van der Waals surface area contributed by atoms with Gasteiger partial charge in [0.25, 0.3) is 5.91 Å². The van der Waals surface area contributed by atoms with Gasteiger partial charge in [0.05, 0.1) is 20.3 Å². The summed E-state index contributed by atoms with van der Waals surface area (Å²) in [6.45, 7) is 1.85. The number of carbonyl (C=O) groups is 1. The molecular formula is C18H21NO4. The van der Waals surface area contributed by atoms with Crippen LogP contribution in [-0.4, -0.2) is 26.7 Å². The predicted molar refractivity (Wildman–Crippen MR) is 88.0 cm³/mol. The Morgan fingerprint density at radius 3 is 2.26 bits per heavy atom. The van der Waals surface area contributed by atoms with Crippen molar-refractivity contribution < 1.29 is 19.0 Å². The second-order valence-electron chi connectivity index (χ2n) is 5.00. The van der Waals surface area contributed by atoms with E-state index in [1.807, 2.05) is 43.3 Å². The summed E-state index contributed by atoms with van der Waals surface area (Å²) in [6.07, 6.45) is 0. The van der Waals surface area contributed by atoms with Crippen molar-refractivity contribution in [2.45, 2.75) is 13.0 Å². The molecule has 0 aromatic heterocycles. The molecule has 1 N–H and O–H groups in total. The number of rotatable bonds is 7. The SMILES string of the molecule is COc1ccc([C@H](C)NC(=O)COc2ccccc2OC)cc1. The van der Waals surface area contributed by atoms with Crippen molar-refractivity contribution in [3.63, 3.8) is 0 Å². The highest BCUT2D eigenvalue weighted by molar-refractivity contribution is 5.78. The maximum Gasteiger partial charge on any atom is 0.258 e. The Kier molecular flexibility index (Phi) is 5.86. The molecular weight excluding hydrogens is 294 g/mol. The maximum atomic E-state index is 12.0. The predicted octanol–water partition coefficient (Wildman–Crippen LogP) is 2.96. The van der Waals surface area contributed by atoms with E-state index in [1.54, 1.807) is 26.4 Å². The number of hydrogen-bond donors (Lipinski definition) is 1. The number of benzene rings is 2. The summed E-state index contributed by atoms with van der Waals surface area (Å²) in [5, 5.41) is 2.90. The molecule has 0 heterocycles. The van der Waals surface area contributed by atoms with Crippen molar-refractivity contribution >= 4 is 5.91 Å². The van der Waals surface area contributed by atoms with Crippen molar-refractivity contribution in [3.05, 3.63) is 54.1 Å². The summed E-state index contributed by atoms with van der Waals surface area (Å²) >= 11 is 0. The van der Waals surface area contributed by atoms with Crippen LogP contribution in [0.3, 0.4) is 0 Å². The molecule has 1 amide bonds. The molecule has 0 bridgehead atoms. The Balaban J connectivity index is 1.88. The largest absolute Gasteiger partial charge is 0.497 e. The molecule has 0 saturated heterocycles. The van der Waals surface area contributed by atoms with Crippen LogP contribution in [-0.2, 0) is 4.79 Å². The lowest BCUT2D eigenvalue weighted by Gasteiger charge is -2.15. The molecule has 5 nitrogen and oxygen atoms in total. The zero-order valence-electron chi connectivity index (χ0n) is 13.5. The smallest absolute Gasteiger partial charge is 0.258 e. The van der Waals surface area contributed by atoms with Gasteiger partial charge >= 0.3 is 0 Å². The molecule has 0 spiro atoms. The van der Waals surface area contributed by atoms with Crippen molar-refractivity contribution in [1.29, 1.82) is 0 Å². The zero-order valence-corrected chi connectivity index (χ0v) is 13.5. The minimum atomic E-state index is -0.195. The van der Waals surface area contributed by atoms with E-state index in [9.17, 15) is 4.79 Å². The first-order valence-corrected chi connectivity index (χ1v) is 7.33. The van der Waals surface area contributed by atoms with Crippen molar-refractivity contribution in [3.8, 4) is 17.2 Å². The minimum Gasteiger partial charge on any atom is -0.497 e. The molecule has 0 saturated carbocycles. The van der Waals surface area contributed by atoms with Crippen molar-refractivity contribution in [2.75, 3.05) is 20.8 Å². The molecule has 0 aliphatic heterocycles. The quantitative estimate of drug-likeness (QED) is 0.853. The van der Waals surface area contributed by atoms with Gasteiger partial charge in [0.1, 0.15) is 5.75 Å². The summed E-state index contributed by atoms with van der Waals surface area (Å²) in [6, 6.07) is 14.7. The van der Waals surface area contributed by atoms with E-state index in [0.717, 1.165) is 11.3 Å². The Morgan fingerprint density at radius 2 is 1.65 bits per heavy atom. The Hall–Kier alpha value is -2.69. The fourth-order valence-corrected chi connectivity index (χ4v) is 2.14. The Labute approximate surface area is 136 Å². The molecule has 0 unspecified atom stereocenters. The highest BCUT2D eigenvalue weighted by Crippen LogP contribution is 2.25. The van der Waals surface area contributed by atoms with E-state index in [0.29, 0.717) is 11.5 Å². The van der Waals surface area contributed by atoms with Crippen LogP contribution in [0.1, 0.15) is 18.5 Å². The molecule has 0 aliphatic rings. The highest BCUT2D eigenvalue weighted by Gasteiger charge is 2.11. The summed E-state index contributed by atoms with van der Waals surface area (Å²) in [4.78, 5) is 12.0. The molecule has 23 heavy (non-hydrogen) atoms. The van der Waals surface area contributed by atoms with Gasteiger partial charge < -0.3 is 19.5 Å². The molecule has 0 aliphatic carbocycles. The first-order chi connectivity index (χ1) is 11.1. The lowest BCUT2D eigenvalue weighted by molar-refractivity contribution is -0.123. The summed E-state index contributed by atoms with van der Waals surface area (Å²) in [5.41, 5.74) is 0.997. The van der Waals surface area contributed by atoms with Crippen LogP contribution in [0.5, 0.6) is 17.2 Å². The van der Waals surface area contributed by atoms with E-state index >= 15 is 0 Å². The average Bonchev–Trinajstić information content (AvgIpc) is 2.60. The normalized spacial score (nSPS) is 11.4. The molecule has 5 heteroatoms. The van der Waals surface area contributed by atoms with Crippen LogP contribution in [0.25, 0.3) is 0 Å². The molecule has 1 atom stereocenters. The number of methoxy groups -OCH3 is 2. The van der Waals surface area contributed by atoms with Gasteiger partial charge in [-0.2, -0.15) is 0 Å². The zero-order chi connectivity index (χ0) is 16.7. The number of para-hydroxylation sites is 2. The van der Waals surface area contributed by atoms with Crippen LogP contribution in [0.4, 0.5) is 0 Å². The third kappa shape index (κ3) is 4.64. The van der Waals surface area contributed by atoms with E-state index in [-0.39, 0.29) is 18.6 Å². The highest BCUT2D eigenvalue weighted by atomic mass is 16.5. The van der Waals surface area contributed by atoms with E-state index in [1.165, 1.54) is 0 Å². The van der Waals surface area contributed by atoms with Gasteiger partial charge in [-0.05, 0) is 36.8 Å². The standard InChI is InChI=1S/C18H21NO4/c1-13(14-8-10-15(21-2)11-9-14)19-18(20)12-23-17-7-5-4-6-16(17)22-3/h4-11,13H,12H2,1-3H3,(H,19,20)/t13-/m0/s1. The fraction of sp³-hybridized carbons (Fsp3) is 0.278. The van der Waals surface area contributed by atoms with Crippen LogP contribution in [0.15, 0.2) is 48.5 Å². The van der Waals surface area contributed by atoms with Gasteiger partial charge in [-0.1, -0.05) is 24.3 Å². The van der Waals surface area contributed by atoms with Crippen LogP contribution in [0.2, 0.25) is 0 Å². The van der Waals surface area contributed by atoms with E-state index in [2.05, 4.69) is 5.32 Å². The van der Waals surface area contributed by atoms with Crippen LogP contribution < -0.4 is 19.5 Å². The van der Waals surface area contributed by atoms with Crippen LogP contribution >= 0.6 is 0 Å². The van der Waals surface area contributed by atoms with Gasteiger partial charge in [-0.15, -0.1) is 0 Å². The molecule has 0 fully saturated rings. The molecule has 0 radical (unpaired) electrons. The second-order valence-corrected chi connectivity index (χ2v) is 5.00. The average molecular weight is 315 g/mol. The van der Waals surface area contributed by atoms with Gasteiger partial charge in [-0.25, -0.2) is 0 Å². The number of carbonyl (C=O) groups excluding carboxylic acids is 1. The third-order valence-corrected chi connectivity index (χ3v) is 3.42. The maximum absolute atomic E-state index is 12.0.